The number of hydrogen-bond donors (Lipinski definition) is 0. The van der Waals surface area contributed by atoms with Gasteiger partial charge in [0.25, 0.3) is 0 Å². The number of allylic oxidation sites excluding steroid dienone is 5. The van der Waals surface area contributed by atoms with Crippen LogP contribution < -0.4 is 4.90 Å². The Bertz CT molecular complexity index is 849. The van der Waals surface area contributed by atoms with E-state index in [1.54, 1.807) is 0 Å². The van der Waals surface area contributed by atoms with E-state index in [0.29, 0.717) is 5.56 Å². The van der Waals surface area contributed by atoms with Crippen LogP contribution in [0.1, 0.15) is 19.4 Å². The second kappa shape index (κ2) is 6.60. The fourth-order valence-electron chi connectivity index (χ4n) is 2.72. The van der Waals surface area contributed by atoms with Gasteiger partial charge in [-0.2, -0.15) is 5.26 Å². The molecule has 0 saturated carbocycles. The van der Waals surface area contributed by atoms with Crippen molar-refractivity contribution in [2.45, 2.75) is 13.8 Å². The van der Waals surface area contributed by atoms with Gasteiger partial charge in [-0.15, -0.1) is 0 Å². The molecule has 118 valence electrons. The van der Waals surface area contributed by atoms with Crippen LogP contribution in [-0.4, -0.2) is 0 Å². The van der Waals surface area contributed by atoms with Gasteiger partial charge in [-0.1, -0.05) is 62.4 Å². The summed E-state index contributed by atoms with van der Waals surface area (Å²) in [5.41, 5.74) is 3.61. The molecule has 3 rings (SSSR count). The Kier molecular flexibility index (Phi) is 4.35. The summed E-state index contributed by atoms with van der Waals surface area (Å²) < 4.78 is 0. The minimum absolute atomic E-state index is 0.00928. The average molecular weight is 312 g/mol. The topological polar surface area (TPSA) is 27.0 Å². The summed E-state index contributed by atoms with van der Waals surface area (Å²) >= 11 is 0. The zero-order valence-electron chi connectivity index (χ0n) is 14.0. The minimum atomic E-state index is 0.00928. The Morgan fingerprint density at radius 2 is 1.62 bits per heavy atom. The van der Waals surface area contributed by atoms with Crippen LogP contribution in [0.4, 0.5) is 11.4 Å². The lowest BCUT2D eigenvalue weighted by Gasteiger charge is -2.27. The number of hydrogen-bond acceptors (Lipinski definition) is 2. The van der Waals surface area contributed by atoms with Gasteiger partial charge in [0.1, 0.15) is 6.07 Å². The van der Waals surface area contributed by atoms with Gasteiger partial charge in [0.05, 0.1) is 11.3 Å². The van der Waals surface area contributed by atoms with E-state index in [-0.39, 0.29) is 5.41 Å². The van der Waals surface area contributed by atoms with Crippen LogP contribution in [0.5, 0.6) is 0 Å². The number of rotatable bonds is 3. The number of nitrogens with zero attached hydrogens (tertiary/aromatic N) is 2. The summed E-state index contributed by atoms with van der Waals surface area (Å²) in [6.07, 6.45) is 10.7. The molecular formula is C22H20N2. The van der Waals surface area contributed by atoms with Crippen molar-refractivity contribution in [3.63, 3.8) is 0 Å². The zero-order valence-corrected chi connectivity index (χ0v) is 14.0. The Balaban J connectivity index is 2.16. The maximum Gasteiger partial charge on any atom is 0.101 e. The summed E-state index contributed by atoms with van der Waals surface area (Å²) in [4.78, 5) is 2.13. The molecule has 1 aliphatic carbocycles. The molecule has 1 aliphatic rings. The third-order valence-electron chi connectivity index (χ3n) is 4.01. The zero-order chi connectivity index (χ0) is 17.0. The van der Waals surface area contributed by atoms with Gasteiger partial charge in [0, 0.05) is 16.8 Å². The lowest BCUT2D eigenvalue weighted by molar-refractivity contribution is 0.627. The molecule has 2 aromatic rings. The summed E-state index contributed by atoms with van der Waals surface area (Å²) in [7, 11) is 0. The smallest absolute Gasteiger partial charge is 0.101 e. The number of nitriles is 1. The van der Waals surface area contributed by atoms with Crippen LogP contribution in [-0.2, 0) is 0 Å². The van der Waals surface area contributed by atoms with E-state index < -0.39 is 0 Å². The van der Waals surface area contributed by atoms with Crippen molar-refractivity contribution in [2.24, 2.45) is 5.41 Å². The van der Waals surface area contributed by atoms with E-state index in [1.165, 1.54) is 0 Å². The van der Waals surface area contributed by atoms with Crippen LogP contribution >= 0.6 is 0 Å². The molecule has 0 N–H and O–H groups in total. The van der Waals surface area contributed by atoms with Crippen LogP contribution in [0.25, 0.3) is 0 Å². The normalized spacial score (nSPS) is 15.3. The molecular weight excluding hydrogens is 292 g/mol. The van der Waals surface area contributed by atoms with Crippen molar-refractivity contribution >= 4 is 11.4 Å². The predicted octanol–water partition coefficient (Wildman–Crippen LogP) is 5.73. The third-order valence-corrected chi connectivity index (χ3v) is 4.01. The highest BCUT2D eigenvalue weighted by Crippen LogP contribution is 2.34. The highest BCUT2D eigenvalue weighted by Gasteiger charge is 2.18. The molecule has 0 aliphatic heterocycles. The van der Waals surface area contributed by atoms with Crippen LogP contribution in [0.3, 0.4) is 0 Å². The highest BCUT2D eigenvalue weighted by molar-refractivity contribution is 5.75. The molecule has 2 heteroatoms. The van der Waals surface area contributed by atoms with Gasteiger partial charge in [0.15, 0.2) is 0 Å². The Morgan fingerprint density at radius 3 is 2.38 bits per heavy atom. The maximum absolute atomic E-state index is 9.52. The molecule has 0 atom stereocenters. The first-order chi connectivity index (χ1) is 11.6. The minimum Gasteiger partial charge on any atom is -0.309 e. The molecule has 0 spiro atoms. The summed E-state index contributed by atoms with van der Waals surface area (Å²) in [6.45, 7) is 4.35. The predicted molar refractivity (Wildman–Crippen MR) is 99.9 cm³/mol. The monoisotopic (exact) mass is 312 g/mol. The van der Waals surface area contributed by atoms with E-state index in [2.05, 4.69) is 67.3 Å². The SMILES string of the molecule is CC1(C)C=CC=C(N(c2ccccc2)c2ccccc2C#N)C=C1. The molecule has 0 aromatic heterocycles. The highest BCUT2D eigenvalue weighted by atomic mass is 15.1. The van der Waals surface area contributed by atoms with Crippen molar-refractivity contribution in [1.29, 1.82) is 5.26 Å². The molecule has 24 heavy (non-hydrogen) atoms. The van der Waals surface area contributed by atoms with Gasteiger partial charge in [0.2, 0.25) is 0 Å². The first-order valence-electron chi connectivity index (χ1n) is 8.04. The van der Waals surface area contributed by atoms with Gasteiger partial charge in [-0.05, 0) is 36.4 Å². The Hall–Kier alpha value is -3.05. The maximum atomic E-state index is 9.52. The fourth-order valence-corrected chi connectivity index (χ4v) is 2.72. The van der Waals surface area contributed by atoms with Gasteiger partial charge in [-0.3, -0.25) is 0 Å². The molecule has 0 bridgehead atoms. The van der Waals surface area contributed by atoms with Crippen molar-refractivity contribution in [1.82, 2.24) is 0 Å². The number of para-hydroxylation sites is 2. The first kappa shape index (κ1) is 15.8. The lowest BCUT2D eigenvalue weighted by atomic mass is 9.93. The van der Waals surface area contributed by atoms with E-state index in [4.69, 9.17) is 0 Å². The summed E-state index contributed by atoms with van der Waals surface area (Å²) in [5, 5.41) is 9.52. The second-order valence-corrected chi connectivity index (χ2v) is 6.41. The number of anilines is 2. The van der Waals surface area contributed by atoms with Crippen LogP contribution in [0, 0.1) is 16.7 Å². The van der Waals surface area contributed by atoms with E-state index >= 15 is 0 Å². The van der Waals surface area contributed by atoms with Gasteiger partial charge in [-0.25, -0.2) is 0 Å². The molecule has 2 aromatic carbocycles. The largest absolute Gasteiger partial charge is 0.309 e. The van der Waals surface area contributed by atoms with Crippen molar-refractivity contribution in [2.75, 3.05) is 4.90 Å². The third kappa shape index (κ3) is 3.31. The average Bonchev–Trinajstić information content (AvgIpc) is 2.78. The quantitative estimate of drug-likeness (QED) is 0.723. The molecule has 0 fully saturated rings. The fraction of sp³-hybridized carbons (Fsp3) is 0.136. The van der Waals surface area contributed by atoms with Crippen LogP contribution in [0.15, 0.2) is 90.7 Å². The van der Waals surface area contributed by atoms with E-state index in [0.717, 1.165) is 17.1 Å². The molecule has 0 amide bonds. The Labute approximate surface area is 143 Å². The standard InChI is InChI=1S/C22H20N2/c1-22(2)15-8-12-20(14-16-22)24(19-10-4-3-5-11-19)21-13-7-6-9-18(21)17-23/h3-16H,1-2H3. The molecule has 0 saturated heterocycles. The van der Waals surface area contributed by atoms with Crippen molar-refractivity contribution in [3.8, 4) is 6.07 Å². The van der Waals surface area contributed by atoms with Crippen molar-refractivity contribution in [3.05, 3.63) is 96.2 Å². The first-order valence-corrected chi connectivity index (χ1v) is 8.04. The van der Waals surface area contributed by atoms with E-state index in [9.17, 15) is 5.26 Å². The van der Waals surface area contributed by atoms with E-state index in [1.807, 2.05) is 42.5 Å². The number of benzene rings is 2. The molecule has 2 nitrogen and oxygen atoms in total. The molecule has 0 unspecified atom stereocenters. The summed E-state index contributed by atoms with van der Waals surface area (Å²) in [5.74, 6) is 0. The summed E-state index contributed by atoms with van der Waals surface area (Å²) in [6, 6.07) is 20.1. The van der Waals surface area contributed by atoms with Crippen LogP contribution in [0.2, 0.25) is 0 Å². The van der Waals surface area contributed by atoms with Gasteiger partial charge >= 0.3 is 0 Å². The second-order valence-electron chi connectivity index (χ2n) is 6.41. The van der Waals surface area contributed by atoms with Gasteiger partial charge < -0.3 is 4.90 Å². The molecule has 0 radical (unpaired) electrons. The molecule has 0 heterocycles. The lowest BCUT2D eigenvalue weighted by Crippen LogP contribution is -2.16. The van der Waals surface area contributed by atoms with Crippen molar-refractivity contribution < 1.29 is 0 Å². The Morgan fingerprint density at radius 1 is 0.917 bits per heavy atom.